The molecule has 2 aliphatic rings. The second-order valence-corrected chi connectivity index (χ2v) is 11.7. The van der Waals surface area contributed by atoms with E-state index in [-0.39, 0.29) is 23.9 Å². The topological polar surface area (TPSA) is 68.7 Å². The molecule has 2 aliphatic carbocycles. The van der Waals surface area contributed by atoms with E-state index in [0.717, 1.165) is 16.7 Å². The van der Waals surface area contributed by atoms with Crippen molar-refractivity contribution in [3.8, 4) is 16.9 Å². The lowest BCUT2D eigenvalue weighted by atomic mass is 9.81. The van der Waals surface area contributed by atoms with Crippen molar-refractivity contribution in [3.63, 3.8) is 0 Å². The van der Waals surface area contributed by atoms with Crippen LogP contribution in [0.25, 0.3) is 11.1 Å². The van der Waals surface area contributed by atoms with Crippen LogP contribution in [0.15, 0.2) is 42.6 Å². The van der Waals surface area contributed by atoms with Crippen molar-refractivity contribution >= 4 is 5.97 Å². The molecule has 1 N–H and O–H groups in total. The lowest BCUT2D eigenvalue weighted by molar-refractivity contribution is -0.139. The number of benzene rings is 2. The first-order valence-electron chi connectivity index (χ1n) is 12.9. The zero-order valence-electron chi connectivity index (χ0n) is 22.4. The van der Waals surface area contributed by atoms with Crippen LogP contribution in [0, 0.1) is 29.9 Å². The van der Waals surface area contributed by atoms with E-state index >= 15 is 4.39 Å². The maximum Gasteiger partial charge on any atom is 0.307 e. The minimum atomic E-state index is -0.872. The molecule has 5 rings (SSSR count). The third-order valence-electron chi connectivity index (χ3n) is 8.00. The summed E-state index contributed by atoms with van der Waals surface area (Å²) < 4.78 is 42.4. The van der Waals surface area contributed by atoms with E-state index in [0.29, 0.717) is 41.6 Å². The molecule has 1 fully saturated rings. The summed E-state index contributed by atoms with van der Waals surface area (Å²) >= 11 is 0. The van der Waals surface area contributed by atoms with Gasteiger partial charge in [0, 0.05) is 29.3 Å². The van der Waals surface area contributed by atoms with Crippen molar-refractivity contribution in [2.24, 2.45) is 11.3 Å². The fourth-order valence-electron chi connectivity index (χ4n) is 6.14. The van der Waals surface area contributed by atoms with Crippen molar-refractivity contribution in [2.75, 3.05) is 7.11 Å². The number of rotatable bonds is 7. The number of fused-ring (bicyclic) bond motifs is 2. The highest BCUT2D eigenvalue weighted by Gasteiger charge is 2.63. The highest BCUT2D eigenvalue weighted by molar-refractivity contribution is 5.78. The van der Waals surface area contributed by atoms with Crippen LogP contribution in [0.5, 0.6) is 5.75 Å². The molecule has 3 aromatic rings. The second-order valence-electron chi connectivity index (χ2n) is 11.7. The van der Waals surface area contributed by atoms with Gasteiger partial charge in [-0.05, 0) is 72.1 Å². The molecule has 38 heavy (non-hydrogen) atoms. The number of aliphatic carboxylic acids is 1. The summed E-state index contributed by atoms with van der Waals surface area (Å²) in [5.74, 6) is -2.17. The average Bonchev–Trinajstić information content (AvgIpc) is 3.47. The Kier molecular flexibility index (Phi) is 6.54. The summed E-state index contributed by atoms with van der Waals surface area (Å²) in [7, 11) is 1.63. The number of ether oxygens (including phenoxy) is 2. The summed E-state index contributed by atoms with van der Waals surface area (Å²) in [6.45, 7) is 8.08. The number of aryl methyl sites for hydroxylation is 2. The molecule has 0 unspecified atom stereocenters. The molecule has 1 heterocycles. The van der Waals surface area contributed by atoms with E-state index in [4.69, 9.17) is 9.47 Å². The molecule has 5 nitrogen and oxygen atoms in total. The van der Waals surface area contributed by atoms with Crippen LogP contribution in [-0.2, 0) is 28.0 Å². The van der Waals surface area contributed by atoms with Gasteiger partial charge in [0.1, 0.15) is 12.4 Å². The summed E-state index contributed by atoms with van der Waals surface area (Å²) in [5.41, 5.74) is 3.93. The molecule has 1 aromatic heterocycles. The Morgan fingerprint density at radius 2 is 1.95 bits per heavy atom. The largest absolute Gasteiger partial charge is 0.486 e. The van der Waals surface area contributed by atoms with Crippen LogP contribution in [0.2, 0.25) is 0 Å². The number of methoxy groups -OCH3 is 1. The number of aromatic nitrogens is 1. The molecule has 0 radical (unpaired) electrons. The number of carboxylic acid groups (broad SMARTS) is 1. The van der Waals surface area contributed by atoms with Crippen LogP contribution in [-0.4, -0.2) is 23.2 Å². The van der Waals surface area contributed by atoms with E-state index in [2.05, 4.69) is 25.8 Å². The number of carbonyl (C=O) groups is 1. The van der Waals surface area contributed by atoms with Crippen molar-refractivity contribution in [2.45, 2.75) is 65.1 Å². The van der Waals surface area contributed by atoms with Crippen molar-refractivity contribution < 1.29 is 28.2 Å². The molecule has 2 aromatic carbocycles. The SMILES string of the molecule is CO[C@@H](c1cc(COc2ccc3c(c2F)[C@@]2(CC3)C[C@@H]2C(=O)O)ccc1-c1cc(C)ncc1F)C(C)(C)C. The van der Waals surface area contributed by atoms with Gasteiger partial charge in [-0.2, -0.15) is 0 Å². The van der Waals surface area contributed by atoms with Crippen LogP contribution < -0.4 is 4.74 Å². The standard InChI is InChI=1S/C31H33F2NO4/c1-17-12-21(24(32)15-34-17)20-8-6-18(13-22(20)28(37-5)30(2,3)4)16-38-25-9-7-19-10-11-31(26(19)27(25)33)14-23(31)29(35)36/h6-9,12-13,15,23,28H,10-11,14,16H2,1-5H3,(H,35,36)/t23-,28+,31+/m1/s1. The van der Waals surface area contributed by atoms with Gasteiger partial charge < -0.3 is 14.6 Å². The van der Waals surface area contributed by atoms with E-state index in [1.807, 2.05) is 31.2 Å². The van der Waals surface area contributed by atoms with E-state index in [9.17, 15) is 14.3 Å². The number of carboxylic acids is 1. The first-order chi connectivity index (χ1) is 18.0. The first kappa shape index (κ1) is 26.3. The summed E-state index contributed by atoms with van der Waals surface area (Å²) in [6, 6.07) is 10.8. The zero-order chi connectivity index (χ0) is 27.4. The first-order valence-corrected chi connectivity index (χ1v) is 12.9. The van der Waals surface area contributed by atoms with Gasteiger partial charge >= 0.3 is 5.97 Å². The van der Waals surface area contributed by atoms with Crippen molar-refractivity contribution in [3.05, 3.63) is 82.2 Å². The van der Waals surface area contributed by atoms with Gasteiger partial charge in [0.15, 0.2) is 11.6 Å². The minimum absolute atomic E-state index is 0.0940. The van der Waals surface area contributed by atoms with Crippen LogP contribution in [0.4, 0.5) is 8.78 Å². The van der Waals surface area contributed by atoms with Gasteiger partial charge in [0.05, 0.1) is 18.2 Å². The lowest BCUT2D eigenvalue weighted by Gasteiger charge is -2.32. The Labute approximate surface area is 221 Å². The molecule has 7 heteroatoms. The highest BCUT2D eigenvalue weighted by Crippen LogP contribution is 2.62. The Morgan fingerprint density at radius 3 is 2.61 bits per heavy atom. The van der Waals surface area contributed by atoms with Gasteiger partial charge in [-0.1, -0.05) is 39.0 Å². The molecule has 3 atom stereocenters. The second kappa shape index (κ2) is 9.45. The predicted molar refractivity (Wildman–Crippen MR) is 140 cm³/mol. The van der Waals surface area contributed by atoms with Crippen molar-refractivity contribution in [1.29, 1.82) is 0 Å². The average molecular weight is 522 g/mol. The maximum atomic E-state index is 15.6. The van der Waals surface area contributed by atoms with Gasteiger partial charge in [-0.15, -0.1) is 0 Å². The molecule has 0 aliphatic heterocycles. The third kappa shape index (κ3) is 4.47. The zero-order valence-corrected chi connectivity index (χ0v) is 22.4. The quantitative estimate of drug-likeness (QED) is 0.365. The smallest absolute Gasteiger partial charge is 0.307 e. The van der Waals surface area contributed by atoms with Gasteiger partial charge in [-0.3, -0.25) is 9.78 Å². The Morgan fingerprint density at radius 1 is 1.18 bits per heavy atom. The van der Waals surface area contributed by atoms with Crippen LogP contribution >= 0.6 is 0 Å². The molecular weight excluding hydrogens is 488 g/mol. The lowest BCUT2D eigenvalue weighted by Crippen LogP contribution is -2.21. The number of halogens is 2. The fraction of sp³-hybridized carbons (Fsp3) is 0.419. The molecular formula is C31H33F2NO4. The highest BCUT2D eigenvalue weighted by atomic mass is 19.1. The van der Waals surface area contributed by atoms with E-state index in [1.165, 1.54) is 6.20 Å². The van der Waals surface area contributed by atoms with E-state index < -0.39 is 28.9 Å². The fourth-order valence-corrected chi connectivity index (χ4v) is 6.14. The molecule has 1 saturated carbocycles. The molecule has 0 saturated heterocycles. The van der Waals surface area contributed by atoms with Gasteiger partial charge in [0.2, 0.25) is 0 Å². The van der Waals surface area contributed by atoms with Gasteiger partial charge in [0.25, 0.3) is 0 Å². The van der Waals surface area contributed by atoms with Crippen LogP contribution in [0.1, 0.15) is 67.7 Å². The normalized spacial score (nSPS) is 20.9. The molecule has 200 valence electrons. The van der Waals surface area contributed by atoms with E-state index in [1.54, 1.807) is 19.2 Å². The maximum absolute atomic E-state index is 15.6. The summed E-state index contributed by atoms with van der Waals surface area (Å²) in [5, 5.41) is 9.51. The molecule has 0 amide bonds. The number of nitrogens with zero attached hydrogens (tertiary/aromatic N) is 1. The van der Waals surface area contributed by atoms with Crippen molar-refractivity contribution in [1.82, 2.24) is 4.98 Å². The molecule has 1 spiro atoms. The number of hydrogen-bond acceptors (Lipinski definition) is 4. The summed E-state index contributed by atoms with van der Waals surface area (Å²) in [6.07, 6.45) is 2.68. The predicted octanol–water partition coefficient (Wildman–Crippen LogP) is 6.94. The third-order valence-corrected chi connectivity index (χ3v) is 8.00. The Bertz CT molecular complexity index is 1410. The minimum Gasteiger partial charge on any atom is -0.486 e. The molecule has 0 bridgehead atoms. The monoisotopic (exact) mass is 521 g/mol. The van der Waals surface area contributed by atoms with Gasteiger partial charge in [-0.25, -0.2) is 8.78 Å². The Balaban J connectivity index is 1.48. The summed E-state index contributed by atoms with van der Waals surface area (Å²) in [4.78, 5) is 15.7. The number of hydrogen-bond donors (Lipinski definition) is 1. The Hall–Kier alpha value is -3.32. The number of pyridine rings is 1. The van der Waals surface area contributed by atoms with Crippen LogP contribution in [0.3, 0.4) is 0 Å².